The monoisotopic (exact) mass is 360 g/mol. The number of benzene rings is 2. The molecule has 0 aliphatic carbocycles. The lowest BCUT2D eigenvalue weighted by atomic mass is 9.99. The van der Waals surface area contributed by atoms with Crippen molar-refractivity contribution in [3.8, 4) is 16.8 Å². The summed E-state index contributed by atoms with van der Waals surface area (Å²) in [5.74, 6) is -0.415. The van der Waals surface area contributed by atoms with Crippen LogP contribution in [0, 0.1) is 5.82 Å². The third-order valence-electron chi connectivity index (χ3n) is 4.50. The Bertz CT molecular complexity index is 1190. The predicted molar refractivity (Wildman–Crippen MR) is 103 cm³/mol. The number of fused-ring (bicyclic) bond motifs is 1. The van der Waals surface area contributed by atoms with Crippen molar-refractivity contribution in [2.45, 2.75) is 13.0 Å². The number of pyridine rings is 1. The second-order valence-corrected chi connectivity index (χ2v) is 6.38. The molecule has 4 aromatic rings. The standard InChI is InChI=1S/C21H17FN4O/c1-13(23)19-10-14-4-2-7-18(15-8-9-24-25-12-15)20(14)21(27)26(19)17-6-3-5-16(22)11-17/h2-13H,23H2,1H3/t13-/m0/s1. The van der Waals surface area contributed by atoms with Crippen molar-refractivity contribution in [1.29, 1.82) is 0 Å². The number of aromatic nitrogens is 3. The maximum Gasteiger partial charge on any atom is 0.263 e. The van der Waals surface area contributed by atoms with Crippen molar-refractivity contribution < 1.29 is 4.39 Å². The van der Waals surface area contributed by atoms with Crippen LogP contribution in [0.5, 0.6) is 0 Å². The van der Waals surface area contributed by atoms with Crippen LogP contribution in [0.15, 0.2) is 71.8 Å². The van der Waals surface area contributed by atoms with Gasteiger partial charge in [0.25, 0.3) is 5.56 Å². The normalized spacial score (nSPS) is 12.3. The van der Waals surface area contributed by atoms with Crippen LogP contribution in [0.2, 0.25) is 0 Å². The van der Waals surface area contributed by atoms with Gasteiger partial charge in [-0.3, -0.25) is 9.36 Å². The Kier molecular flexibility index (Phi) is 4.25. The van der Waals surface area contributed by atoms with Gasteiger partial charge >= 0.3 is 0 Å². The number of hydrogen-bond acceptors (Lipinski definition) is 4. The van der Waals surface area contributed by atoms with Gasteiger partial charge in [-0.05, 0) is 48.2 Å². The Balaban J connectivity index is 2.12. The molecule has 27 heavy (non-hydrogen) atoms. The van der Waals surface area contributed by atoms with Crippen molar-refractivity contribution in [3.05, 3.63) is 88.9 Å². The average molecular weight is 360 g/mol. The van der Waals surface area contributed by atoms with Crippen molar-refractivity contribution in [3.63, 3.8) is 0 Å². The zero-order chi connectivity index (χ0) is 19.0. The molecule has 0 radical (unpaired) electrons. The maximum atomic E-state index is 13.8. The molecule has 4 rings (SSSR count). The fourth-order valence-electron chi connectivity index (χ4n) is 3.29. The van der Waals surface area contributed by atoms with Gasteiger partial charge in [0.1, 0.15) is 5.82 Å². The molecule has 0 fully saturated rings. The molecule has 0 saturated heterocycles. The van der Waals surface area contributed by atoms with Crippen LogP contribution in [-0.2, 0) is 0 Å². The molecule has 0 saturated carbocycles. The van der Waals surface area contributed by atoms with E-state index < -0.39 is 11.9 Å². The third-order valence-corrected chi connectivity index (χ3v) is 4.50. The van der Waals surface area contributed by atoms with E-state index in [1.54, 1.807) is 37.5 Å². The van der Waals surface area contributed by atoms with Gasteiger partial charge in [-0.2, -0.15) is 10.2 Å². The summed E-state index contributed by atoms with van der Waals surface area (Å²) >= 11 is 0. The van der Waals surface area contributed by atoms with Gasteiger partial charge < -0.3 is 5.73 Å². The van der Waals surface area contributed by atoms with Gasteiger partial charge in [0.2, 0.25) is 0 Å². The van der Waals surface area contributed by atoms with Crippen molar-refractivity contribution >= 4 is 10.8 Å². The van der Waals surface area contributed by atoms with Crippen LogP contribution in [0.3, 0.4) is 0 Å². The zero-order valence-electron chi connectivity index (χ0n) is 14.6. The quantitative estimate of drug-likeness (QED) is 0.606. The molecule has 2 N–H and O–H groups in total. The first kappa shape index (κ1) is 17.1. The number of hydrogen-bond donors (Lipinski definition) is 1. The van der Waals surface area contributed by atoms with Crippen LogP contribution in [0.25, 0.3) is 27.6 Å². The fourth-order valence-corrected chi connectivity index (χ4v) is 3.29. The lowest BCUT2D eigenvalue weighted by molar-refractivity contribution is 0.625. The Morgan fingerprint density at radius 3 is 2.59 bits per heavy atom. The number of rotatable bonds is 3. The molecule has 5 nitrogen and oxygen atoms in total. The molecule has 2 heterocycles. The lowest BCUT2D eigenvalue weighted by Gasteiger charge is -2.18. The van der Waals surface area contributed by atoms with E-state index in [1.165, 1.54) is 16.7 Å². The fraction of sp³-hybridized carbons (Fsp3) is 0.0952. The van der Waals surface area contributed by atoms with E-state index in [9.17, 15) is 9.18 Å². The number of nitrogens with two attached hydrogens (primary N) is 1. The molecule has 0 bridgehead atoms. The first-order valence-electron chi connectivity index (χ1n) is 8.53. The molecule has 0 aliphatic heterocycles. The van der Waals surface area contributed by atoms with Gasteiger partial charge in [-0.1, -0.05) is 24.3 Å². The summed E-state index contributed by atoms with van der Waals surface area (Å²) in [6.07, 6.45) is 3.19. The minimum absolute atomic E-state index is 0.252. The average Bonchev–Trinajstić information content (AvgIpc) is 2.68. The van der Waals surface area contributed by atoms with E-state index in [2.05, 4.69) is 10.2 Å². The molecule has 134 valence electrons. The Labute approximate surface area is 154 Å². The molecular formula is C21H17FN4O. The van der Waals surface area contributed by atoms with Crippen molar-refractivity contribution in [1.82, 2.24) is 14.8 Å². The maximum absolute atomic E-state index is 13.8. The second-order valence-electron chi connectivity index (χ2n) is 6.38. The molecule has 6 heteroatoms. The second kappa shape index (κ2) is 6.74. The van der Waals surface area contributed by atoms with E-state index in [-0.39, 0.29) is 5.56 Å². The summed E-state index contributed by atoms with van der Waals surface area (Å²) in [6.45, 7) is 1.80. The minimum atomic E-state index is -0.415. The predicted octanol–water partition coefficient (Wildman–Crippen LogP) is 3.61. The van der Waals surface area contributed by atoms with Crippen LogP contribution in [0.1, 0.15) is 18.7 Å². The Morgan fingerprint density at radius 2 is 1.89 bits per heavy atom. The summed E-state index contributed by atoms with van der Waals surface area (Å²) in [7, 11) is 0. The first-order chi connectivity index (χ1) is 13.1. The third kappa shape index (κ3) is 3.00. The van der Waals surface area contributed by atoms with Crippen LogP contribution < -0.4 is 11.3 Å². The Morgan fingerprint density at radius 1 is 1.07 bits per heavy atom. The largest absolute Gasteiger partial charge is 0.323 e. The molecule has 0 aliphatic rings. The topological polar surface area (TPSA) is 73.8 Å². The zero-order valence-corrected chi connectivity index (χ0v) is 14.6. The van der Waals surface area contributed by atoms with Crippen LogP contribution >= 0.6 is 0 Å². The minimum Gasteiger partial charge on any atom is -0.323 e. The number of halogens is 1. The highest BCUT2D eigenvalue weighted by atomic mass is 19.1. The SMILES string of the molecule is C[C@H](N)c1cc2cccc(-c3ccnnc3)c2c(=O)n1-c1cccc(F)c1. The van der Waals surface area contributed by atoms with E-state index in [1.807, 2.05) is 24.3 Å². The Hall–Kier alpha value is -3.38. The summed E-state index contributed by atoms with van der Waals surface area (Å²) < 4.78 is 15.3. The van der Waals surface area contributed by atoms with Gasteiger partial charge in [0, 0.05) is 17.3 Å². The number of nitrogens with zero attached hydrogens (tertiary/aromatic N) is 3. The summed E-state index contributed by atoms with van der Waals surface area (Å²) in [5.41, 5.74) is 8.46. The van der Waals surface area contributed by atoms with Gasteiger partial charge in [0.15, 0.2) is 0 Å². The molecule has 0 unspecified atom stereocenters. The molecule has 2 aromatic carbocycles. The molecular weight excluding hydrogens is 343 g/mol. The van der Waals surface area contributed by atoms with Gasteiger partial charge in [0.05, 0.1) is 23.5 Å². The summed E-state index contributed by atoms with van der Waals surface area (Å²) in [4.78, 5) is 13.5. The molecule has 0 amide bonds. The van der Waals surface area contributed by atoms with Gasteiger partial charge in [-0.25, -0.2) is 4.39 Å². The highest BCUT2D eigenvalue weighted by molar-refractivity contribution is 5.96. The van der Waals surface area contributed by atoms with E-state index >= 15 is 0 Å². The lowest BCUT2D eigenvalue weighted by Crippen LogP contribution is -2.26. The van der Waals surface area contributed by atoms with Crippen molar-refractivity contribution in [2.75, 3.05) is 0 Å². The van der Waals surface area contributed by atoms with Gasteiger partial charge in [-0.15, -0.1) is 0 Å². The smallest absolute Gasteiger partial charge is 0.263 e. The molecule has 2 aromatic heterocycles. The molecule has 0 spiro atoms. The summed E-state index contributed by atoms with van der Waals surface area (Å²) in [6, 6.07) is 14.8. The summed E-state index contributed by atoms with van der Waals surface area (Å²) in [5, 5.41) is 9.00. The van der Waals surface area contributed by atoms with E-state index in [0.717, 1.165) is 16.5 Å². The van der Waals surface area contributed by atoms with Crippen LogP contribution in [-0.4, -0.2) is 14.8 Å². The first-order valence-corrected chi connectivity index (χ1v) is 8.53. The van der Waals surface area contributed by atoms with E-state index in [0.29, 0.717) is 16.8 Å². The van der Waals surface area contributed by atoms with E-state index in [4.69, 9.17) is 5.73 Å². The highest BCUT2D eigenvalue weighted by Gasteiger charge is 2.17. The van der Waals surface area contributed by atoms with Crippen molar-refractivity contribution in [2.24, 2.45) is 5.73 Å². The molecule has 1 atom stereocenters. The highest BCUT2D eigenvalue weighted by Crippen LogP contribution is 2.28. The van der Waals surface area contributed by atoms with Crippen LogP contribution in [0.4, 0.5) is 4.39 Å².